The molecular formula is C14H24N2O2. The fraction of sp³-hybridized carbons (Fsp3) is 0.571. The highest BCUT2D eigenvalue weighted by molar-refractivity contribution is 5.36. The molecule has 1 rings (SSSR count). The minimum atomic E-state index is -0.171. The smallest absolute Gasteiger partial charge is 0.119 e. The summed E-state index contributed by atoms with van der Waals surface area (Å²) in [4.78, 5) is 0. The molecule has 1 unspecified atom stereocenters. The van der Waals surface area contributed by atoms with Crippen LogP contribution in [0.1, 0.15) is 37.9 Å². The summed E-state index contributed by atoms with van der Waals surface area (Å²) in [5.74, 6) is 6.46. The van der Waals surface area contributed by atoms with E-state index in [0.717, 1.165) is 16.9 Å². The van der Waals surface area contributed by atoms with Crippen LogP contribution >= 0.6 is 0 Å². The molecule has 1 aromatic carbocycles. The zero-order chi connectivity index (χ0) is 13.8. The minimum absolute atomic E-state index is 0.0184. The van der Waals surface area contributed by atoms with Crippen LogP contribution in [0.4, 0.5) is 0 Å². The Balaban J connectivity index is 2.82. The molecule has 4 nitrogen and oxygen atoms in total. The third-order valence-corrected chi connectivity index (χ3v) is 2.74. The lowest BCUT2D eigenvalue weighted by atomic mass is 10.0. The van der Waals surface area contributed by atoms with Crippen molar-refractivity contribution in [3.63, 3.8) is 0 Å². The molecule has 4 heteroatoms. The van der Waals surface area contributed by atoms with Crippen molar-refractivity contribution < 1.29 is 9.47 Å². The normalized spacial score (nSPS) is 13.4. The number of nitrogens with two attached hydrogens (primary N) is 1. The van der Waals surface area contributed by atoms with Crippen LogP contribution in [-0.2, 0) is 4.74 Å². The fourth-order valence-electron chi connectivity index (χ4n) is 1.73. The van der Waals surface area contributed by atoms with Crippen LogP contribution in [0, 0.1) is 6.92 Å². The monoisotopic (exact) mass is 252 g/mol. The first kappa shape index (κ1) is 15.0. The minimum Gasteiger partial charge on any atom is -0.497 e. The number of hydrazine groups is 1. The lowest BCUT2D eigenvalue weighted by Crippen LogP contribution is -2.34. The Bertz CT molecular complexity index is 386. The van der Waals surface area contributed by atoms with Crippen LogP contribution in [0.15, 0.2) is 18.2 Å². The molecule has 1 aromatic rings. The van der Waals surface area contributed by atoms with Crippen LogP contribution in [0.3, 0.4) is 0 Å². The van der Waals surface area contributed by atoms with E-state index in [1.807, 2.05) is 45.9 Å². The molecule has 0 aliphatic carbocycles. The predicted molar refractivity (Wildman–Crippen MR) is 73.5 cm³/mol. The average Bonchev–Trinajstić information content (AvgIpc) is 2.30. The number of rotatable bonds is 5. The highest BCUT2D eigenvalue weighted by Crippen LogP contribution is 2.23. The van der Waals surface area contributed by atoms with Crippen molar-refractivity contribution in [3.8, 4) is 5.75 Å². The van der Waals surface area contributed by atoms with Gasteiger partial charge in [-0.1, -0.05) is 6.07 Å². The highest BCUT2D eigenvalue weighted by Gasteiger charge is 2.17. The van der Waals surface area contributed by atoms with Gasteiger partial charge < -0.3 is 9.47 Å². The van der Waals surface area contributed by atoms with Gasteiger partial charge in [0.2, 0.25) is 0 Å². The molecule has 0 saturated carbocycles. The van der Waals surface area contributed by atoms with Crippen molar-refractivity contribution in [3.05, 3.63) is 29.3 Å². The summed E-state index contributed by atoms with van der Waals surface area (Å²) in [6.07, 6.45) is 0. The van der Waals surface area contributed by atoms with Gasteiger partial charge in [-0.2, -0.15) is 0 Å². The standard InChI is InChI=1S/C14H24N2O2/c1-10-8-11(17-5)6-7-12(10)13(16-15)9-18-14(2,3)4/h6-8,13,16H,9,15H2,1-5H3. The number of methoxy groups -OCH3 is 1. The Morgan fingerprint density at radius 1 is 1.33 bits per heavy atom. The van der Waals surface area contributed by atoms with E-state index in [1.165, 1.54) is 0 Å². The molecule has 0 heterocycles. The highest BCUT2D eigenvalue weighted by atomic mass is 16.5. The largest absolute Gasteiger partial charge is 0.497 e. The van der Waals surface area contributed by atoms with Gasteiger partial charge in [0.05, 0.1) is 25.4 Å². The molecule has 0 spiro atoms. The summed E-state index contributed by atoms with van der Waals surface area (Å²) in [6.45, 7) is 8.66. The zero-order valence-electron chi connectivity index (χ0n) is 11.9. The molecule has 0 radical (unpaired) electrons. The molecule has 1 atom stereocenters. The van der Waals surface area contributed by atoms with E-state index in [0.29, 0.717) is 6.61 Å². The third-order valence-electron chi connectivity index (χ3n) is 2.74. The first-order chi connectivity index (χ1) is 8.37. The summed E-state index contributed by atoms with van der Waals surface area (Å²) >= 11 is 0. The van der Waals surface area contributed by atoms with Gasteiger partial charge in [0.15, 0.2) is 0 Å². The van der Waals surface area contributed by atoms with Crippen molar-refractivity contribution in [2.24, 2.45) is 5.84 Å². The molecule has 0 amide bonds. The maximum atomic E-state index is 5.77. The second-order valence-electron chi connectivity index (χ2n) is 5.37. The van der Waals surface area contributed by atoms with Crippen LogP contribution < -0.4 is 16.0 Å². The molecule has 0 saturated heterocycles. The number of hydrogen-bond donors (Lipinski definition) is 2. The number of hydrogen-bond acceptors (Lipinski definition) is 4. The summed E-state index contributed by atoms with van der Waals surface area (Å²) in [6, 6.07) is 5.93. The van der Waals surface area contributed by atoms with Gasteiger partial charge in [-0.15, -0.1) is 0 Å². The topological polar surface area (TPSA) is 56.5 Å². The summed E-state index contributed by atoms with van der Waals surface area (Å²) < 4.78 is 11.0. The first-order valence-corrected chi connectivity index (χ1v) is 6.12. The van der Waals surface area contributed by atoms with Gasteiger partial charge in [0.1, 0.15) is 5.75 Å². The number of ether oxygens (including phenoxy) is 2. The summed E-state index contributed by atoms with van der Waals surface area (Å²) in [7, 11) is 1.66. The number of aryl methyl sites for hydroxylation is 1. The van der Waals surface area contributed by atoms with Crippen LogP contribution in [0.2, 0.25) is 0 Å². The van der Waals surface area contributed by atoms with E-state index in [9.17, 15) is 0 Å². The second kappa shape index (κ2) is 6.18. The number of nitrogens with one attached hydrogen (secondary N) is 1. The van der Waals surface area contributed by atoms with E-state index in [2.05, 4.69) is 5.43 Å². The van der Waals surface area contributed by atoms with Crippen LogP contribution in [-0.4, -0.2) is 19.3 Å². The molecular weight excluding hydrogens is 228 g/mol. The molecule has 102 valence electrons. The molecule has 0 aliphatic rings. The van der Waals surface area contributed by atoms with E-state index >= 15 is 0 Å². The van der Waals surface area contributed by atoms with Gasteiger partial charge in [0, 0.05) is 0 Å². The van der Waals surface area contributed by atoms with Crippen molar-refractivity contribution in [2.75, 3.05) is 13.7 Å². The first-order valence-electron chi connectivity index (χ1n) is 6.12. The van der Waals surface area contributed by atoms with E-state index in [1.54, 1.807) is 7.11 Å². The Morgan fingerprint density at radius 3 is 2.44 bits per heavy atom. The second-order valence-corrected chi connectivity index (χ2v) is 5.37. The Morgan fingerprint density at radius 2 is 2.00 bits per heavy atom. The average molecular weight is 252 g/mol. The van der Waals surface area contributed by atoms with E-state index in [4.69, 9.17) is 15.3 Å². The van der Waals surface area contributed by atoms with E-state index in [-0.39, 0.29) is 11.6 Å². The molecule has 0 fully saturated rings. The molecule has 3 N–H and O–H groups in total. The summed E-state index contributed by atoms with van der Waals surface area (Å²) in [5.41, 5.74) is 4.89. The molecule has 18 heavy (non-hydrogen) atoms. The van der Waals surface area contributed by atoms with Crippen molar-refractivity contribution in [2.45, 2.75) is 39.3 Å². The third kappa shape index (κ3) is 4.29. The van der Waals surface area contributed by atoms with Crippen molar-refractivity contribution in [1.82, 2.24) is 5.43 Å². The number of benzene rings is 1. The lowest BCUT2D eigenvalue weighted by Gasteiger charge is -2.25. The molecule has 0 aliphatic heterocycles. The predicted octanol–water partition coefficient (Wildman–Crippen LogP) is 2.32. The Labute approximate surface area is 109 Å². The van der Waals surface area contributed by atoms with Gasteiger partial charge in [-0.25, -0.2) is 0 Å². The zero-order valence-corrected chi connectivity index (χ0v) is 11.9. The van der Waals surface area contributed by atoms with Gasteiger partial charge in [0.25, 0.3) is 0 Å². The maximum Gasteiger partial charge on any atom is 0.119 e. The Hall–Kier alpha value is -1.10. The lowest BCUT2D eigenvalue weighted by molar-refractivity contribution is -0.0148. The summed E-state index contributed by atoms with van der Waals surface area (Å²) in [5, 5.41) is 0. The van der Waals surface area contributed by atoms with Crippen LogP contribution in [0.5, 0.6) is 5.75 Å². The Kier molecular flexibility index (Phi) is 5.14. The van der Waals surface area contributed by atoms with Gasteiger partial charge in [-0.05, 0) is 51.0 Å². The quantitative estimate of drug-likeness (QED) is 0.624. The van der Waals surface area contributed by atoms with Crippen molar-refractivity contribution >= 4 is 0 Å². The van der Waals surface area contributed by atoms with Crippen LogP contribution in [0.25, 0.3) is 0 Å². The molecule has 0 bridgehead atoms. The maximum absolute atomic E-state index is 5.77. The van der Waals surface area contributed by atoms with Gasteiger partial charge >= 0.3 is 0 Å². The SMILES string of the molecule is COc1ccc(C(COC(C)(C)C)NN)c(C)c1. The molecule has 0 aromatic heterocycles. The fourth-order valence-corrected chi connectivity index (χ4v) is 1.73. The van der Waals surface area contributed by atoms with Gasteiger partial charge in [-0.3, -0.25) is 11.3 Å². The van der Waals surface area contributed by atoms with Crippen molar-refractivity contribution in [1.29, 1.82) is 0 Å². The van der Waals surface area contributed by atoms with E-state index < -0.39 is 0 Å².